The second-order valence-corrected chi connectivity index (χ2v) is 5.75. The molecule has 7 heteroatoms. The third kappa shape index (κ3) is 3.52. The van der Waals surface area contributed by atoms with Gasteiger partial charge in [0.05, 0.1) is 0 Å². The number of halogens is 1. The van der Waals surface area contributed by atoms with Crippen LogP contribution in [0.5, 0.6) is 0 Å². The highest BCUT2D eigenvalue weighted by Gasteiger charge is 2.17. The molecule has 106 valence electrons. The quantitative estimate of drug-likeness (QED) is 0.824. The average Bonchev–Trinajstić information content (AvgIpc) is 2.90. The van der Waals surface area contributed by atoms with Gasteiger partial charge in [0.15, 0.2) is 12.0 Å². The first kappa shape index (κ1) is 14.4. The number of nitrogens with one attached hydrogen (secondary N) is 1. The minimum atomic E-state index is -3.78. The average molecular weight is 297 g/mol. The molecule has 0 saturated heterocycles. The molecule has 20 heavy (non-hydrogen) atoms. The van der Waals surface area contributed by atoms with E-state index in [-0.39, 0.29) is 23.2 Å². The molecule has 0 saturated carbocycles. The van der Waals surface area contributed by atoms with Gasteiger partial charge in [0.2, 0.25) is 5.09 Å². The van der Waals surface area contributed by atoms with Gasteiger partial charge in [-0.05, 0) is 36.2 Å². The van der Waals surface area contributed by atoms with Gasteiger partial charge in [0, 0.05) is 6.54 Å². The predicted octanol–water partition coefficient (Wildman–Crippen LogP) is 1.75. The molecule has 0 aliphatic heterocycles. The molecule has 2 rings (SSSR count). The summed E-state index contributed by atoms with van der Waals surface area (Å²) in [6, 6.07) is 8.28. The SMILES string of the molecule is O=Cc1ccc(S(=O)(=O)NCCc2ccc(F)cc2)o1. The molecule has 0 unspecified atom stereocenters. The van der Waals surface area contributed by atoms with E-state index in [0.29, 0.717) is 12.7 Å². The number of carbonyl (C=O) groups excluding carboxylic acids is 1. The van der Waals surface area contributed by atoms with E-state index in [9.17, 15) is 17.6 Å². The Balaban J connectivity index is 1.95. The highest BCUT2D eigenvalue weighted by Crippen LogP contribution is 2.12. The molecule has 0 bridgehead atoms. The van der Waals surface area contributed by atoms with Crippen molar-refractivity contribution < 1.29 is 22.0 Å². The Morgan fingerprint density at radius 2 is 1.85 bits per heavy atom. The van der Waals surface area contributed by atoms with Crippen LogP contribution in [0.4, 0.5) is 4.39 Å². The lowest BCUT2D eigenvalue weighted by Crippen LogP contribution is -2.25. The summed E-state index contributed by atoms with van der Waals surface area (Å²) in [4.78, 5) is 10.4. The summed E-state index contributed by atoms with van der Waals surface area (Å²) in [6.07, 6.45) is 0.846. The Labute approximate surface area is 115 Å². The number of hydrogen-bond donors (Lipinski definition) is 1. The number of rotatable bonds is 6. The van der Waals surface area contributed by atoms with E-state index < -0.39 is 10.0 Å². The van der Waals surface area contributed by atoms with Crippen molar-refractivity contribution in [1.82, 2.24) is 4.72 Å². The molecule has 2 aromatic rings. The van der Waals surface area contributed by atoms with Crippen LogP contribution >= 0.6 is 0 Å². The van der Waals surface area contributed by atoms with Crippen LogP contribution in [-0.2, 0) is 16.4 Å². The van der Waals surface area contributed by atoms with Gasteiger partial charge < -0.3 is 4.42 Å². The van der Waals surface area contributed by atoms with E-state index in [1.54, 1.807) is 12.1 Å². The molecule has 1 aromatic carbocycles. The molecular formula is C13H12FNO4S. The molecule has 0 spiro atoms. The number of aldehydes is 1. The largest absolute Gasteiger partial charge is 0.440 e. The van der Waals surface area contributed by atoms with Gasteiger partial charge in [-0.2, -0.15) is 0 Å². The Bertz CT molecular complexity index is 691. The van der Waals surface area contributed by atoms with Crippen molar-refractivity contribution in [3.05, 3.63) is 53.5 Å². The van der Waals surface area contributed by atoms with Gasteiger partial charge >= 0.3 is 0 Å². The summed E-state index contributed by atoms with van der Waals surface area (Å²) in [5.74, 6) is -0.393. The Kier molecular flexibility index (Phi) is 4.31. The smallest absolute Gasteiger partial charge is 0.273 e. The number of benzene rings is 1. The third-order valence-electron chi connectivity index (χ3n) is 2.60. The zero-order valence-corrected chi connectivity index (χ0v) is 11.2. The zero-order valence-electron chi connectivity index (χ0n) is 10.4. The van der Waals surface area contributed by atoms with Crippen LogP contribution in [0, 0.1) is 5.82 Å². The summed E-state index contributed by atoms with van der Waals surface area (Å²) >= 11 is 0. The lowest BCUT2D eigenvalue weighted by Gasteiger charge is -2.04. The van der Waals surface area contributed by atoms with E-state index in [1.165, 1.54) is 24.3 Å². The molecular weight excluding hydrogens is 285 g/mol. The maximum Gasteiger partial charge on any atom is 0.273 e. The molecule has 1 aromatic heterocycles. The highest BCUT2D eigenvalue weighted by molar-refractivity contribution is 7.89. The van der Waals surface area contributed by atoms with Gasteiger partial charge in [-0.25, -0.2) is 17.5 Å². The molecule has 0 aliphatic rings. The van der Waals surface area contributed by atoms with Crippen LogP contribution in [0.2, 0.25) is 0 Å². The number of sulfonamides is 1. The first-order chi connectivity index (χ1) is 9.51. The summed E-state index contributed by atoms with van der Waals surface area (Å²) in [7, 11) is -3.78. The second kappa shape index (κ2) is 5.98. The lowest BCUT2D eigenvalue weighted by atomic mass is 10.1. The third-order valence-corrected chi connectivity index (χ3v) is 3.94. The fraction of sp³-hybridized carbons (Fsp3) is 0.154. The number of hydrogen-bond acceptors (Lipinski definition) is 4. The molecule has 1 heterocycles. The first-order valence-corrected chi connectivity index (χ1v) is 7.29. The van der Waals surface area contributed by atoms with Crippen molar-refractivity contribution in [2.75, 3.05) is 6.54 Å². The number of furan rings is 1. The number of carbonyl (C=O) groups is 1. The Morgan fingerprint density at radius 1 is 1.15 bits per heavy atom. The van der Waals surface area contributed by atoms with Crippen molar-refractivity contribution in [1.29, 1.82) is 0 Å². The predicted molar refractivity (Wildman–Crippen MR) is 69.4 cm³/mol. The van der Waals surface area contributed by atoms with Crippen molar-refractivity contribution in [3.63, 3.8) is 0 Å². The maximum atomic E-state index is 12.7. The molecule has 0 aliphatic carbocycles. The minimum Gasteiger partial charge on any atom is -0.440 e. The topological polar surface area (TPSA) is 76.4 Å². The molecule has 0 atom stereocenters. The molecule has 0 fully saturated rings. The van der Waals surface area contributed by atoms with Gasteiger partial charge in [-0.3, -0.25) is 4.79 Å². The summed E-state index contributed by atoms with van der Waals surface area (Å²) in [5.41, 5.74) is 0.808. The Morgan fingerprint density at radius 3 is 2.45 bits per heavy atom. The van der Waals surface area contributed by atoms with Crippen LogP contribution in [0.3, 0.4) is 0 Å². The van der Waals surface area contributed by atoms with E-state index >= 15 is 0 Å². The summed E-state index contributed by atoms with van der Waals surface area (Å²) < 4.78 is 43.5. The summed E-state index contributed by atoms with van der Waals surface area (Å²) in [5, 5.41) is -0.307. The van der Waals surface area contributed by atoms with Gasteiger partial charge in [-0.15, -0.1) is 0 Å². The zero-order chi connectivity index (χ0) is 14.6. The Hall–Kier alpha value is -1.99. The van der Waals surface area contributed by atoms with Crippen LogP contribution < -0.4 is 4.72 Å². The van der Waals surface area contributed by atoms with Crippen LogP contribution in [-0.4, -0.2) is 21.2 Å². The lowest BCUT2D eigenvalue weighted by molar-refractivity contribution is 0.109. The van der Waals surface area contributed by atoms with E-state index in [1.807, 2.05) is 0 Å². The van der Waals surface area contributed by atoms with E-state index in [4.69, 9.17) is 4.42 Å². The fourth-order valence-electron chi connectivity index (χ4n) is 1.59. The van der Waals surface area contributed by atoms with E-state index in [2.05, 4.69) is 4.72 Å². The van der Waals surface area contributed by atoms with Crippen LogP contribution in [0.1, 0.15) is 16.1 Å². The monoisotopic (exact) mass is 297 g/mol. The first-order valence-electron chi connectivity index (χ1n) is 5.80. The van der Waals surface area contributed by atoms with Crippen LogP contribution in [0.15, 0.2) is 45.9 Å². The minimum absolute atomic E-state index is 0.0519. The van der Waals surface area contributed by atoms with Gasteiger partial charge in [-0.1, -0.05) is 12.1 Å². The standard InChI is InChI=1S/C13H12FNO4S/c14-11-3-1-10(2-4-11)7-8-15-20(17,18)13-6-5-12(9-16)19-13/h1-6,9,15H,7-8H2. The van der Waals surface area contributed by atoms with Crippen molar-refractivity contribution >= 4 is 16.3 Å². The second-order valence-electron chi connectivity index (χ2n) is 4.05. The highest BCUT2D eigenvalue weighted by atomic mass is 32.2. The van der Waals surface area contributed by atoms with Crippen molar-refractivity contribution in [3.8, 4) is 0 Å². The van der Waals surface area contributed by atoms with Crippen LogP contribution in [0.25, 0.3) is 0 Å². The molecule has 5 nitrogen and oxygen atoms in total. The summed E-state index contributed by atoms with van der Waals surface area (Å²) in [6.45, 7) is 0.144. The molecule has 0 amide bonds. The van der Waals surface area contributed by atoms with Gasteiger partial charge in [0.1, 0.15) is 5.82 Å². The van der Waals surface area contributed by atoms with Crippen molar-refractivity contribution in [2.45, 2.75) is 11.5 Å². The molecule has 1 N–H and O–H groups in total. The van der Waals surface area contributed by atoms with Crippen molar-refractivity contribution in [2.24, 2.45) is 0 Å². The fourth-order valence-corrected chi connectivity index (χ4v) is 2.56. The normalized spacial score (nSPS) is 11.4. The molecule has 0 radical (unpaired) electrons. The maximum absolute atomic E-state index is 12.7. The van der Waals surface area contributed by atoms with Gasteiger partial charge in [0.25, 0.3) is 10.0 Å². The van der Waals surface area contributed by atoms with E-state index in [0.717, 1.165) is 5.56 Å².